The minimum atomic E-state index is -0.0506. The quantitative estimate of drug-likeness (QED) is 0.835. The molecular formula is C14H21BrCl2N2O. The fourth-order valence-corrected chi connectivity index (χ4v) is 2.23. The fourth-order valence-electron chi connectivity index (χ4n) is 1.64. The van der Waals surface area contributed by atoms with Crippen molar-refractivity contribution in [2.75, 3.05) is 13.6 Å². The number of amides is 1. The van der Waals surface area contributed by atoms with Crippen LogP contribution in [0.4, 0.5) is 0 Å². The Balaban J connectivity index is 0.00000361. The van der Waals surface area contributed by atoms with E-state index in [2.05, 4.69) is 29.8 Å². The predicted octanol–water partition coefficient (Wildman–Crippen LogP) is 3.97. The maximum Gasteiger partial charge on any atom is 0.254 e. The highest BCUT2D eigenvalue weighted by Crippen LogP contribution is 2.22. The molecule has 0 spiro atoms. The van der Waals surface area contributed by atoms with Gasteiger partial charge in [-0.2, -0.15) is 0 Å². The third-order valence-electron chi connectivity index (χ3n) is 3.16. The minimum absolute atomic E-state index is 0. The largest absolute Gasteiger partial charge is 0.342 e. The molecule has 1 aromatic carbocycles. The second-order valence-corrected chi connectivity index (χ2v) is 6.34. The number of halogens is 3. The molecule has 0 saturated heterocycles. The molecule has 1 rings (SSSR count). The van der Waals surface area contributed by atoms with E-state index in [4.69, 9.17) is 17.3 Å². The van der Waals surface area contributed by atoms with Gasteiger partial charge in [-0.15, -0.1) is 12.4 Å². The van der Waals surface area contributed by atoms with Gasteiger partial charge in [0.15, 0.2) is 0 Å². The van der Waals surface area contributed by atoms with Gasteiger partial charge in [-0.25, -0.2) is 0 Å². The van der Waals surface area contributed by atoms with Crippen LogP contribution in [-0.4, -0.2) is 30.4 Å². The summed E-state index contributed by atoms with van der Waals surface area (Å²) in [4.78, 5) is 14.0. The maximum absolute atomic E-state index is 12.3. The standard InChI is InChI=1S/C14H20BrClN2O.ClH/c1-9(2)13(17)6-7-18(3)14(19)11-8-10(16)4-5-12(11)15;/h4-5,8-9,13H,6-7,17H2,1-3H3;1H. The van der Waals surface area contributed by atoms with Crippen LogP contribution in [0.2, 0.25) is 5.02 Å². The molecule has 0 aliphatic carbocycles. The molecule has 3 nitrogen and oxygen atoms in total. The number of hydrogen-bond donors (Lipinski definition) is 1. The molecule has 1 atom stereocenters. The van der Waals surface area contributed by atoms with E-state index in [1.54, 1.807) is 30.1 Å². The van der Waals surface area contributed by atoms with Crippen LogP contribution in [0, 0.1) is 5.92 Å². The van der Waals surface area contributed by atoms with Crippen molar-refractivity contribution in [2.24, 2.45) is 11.7 Å². The van der Waals surface area contributed by atoms with E-state index >= 15 is 0 Å². The lowest BCUT2D eigenvalue weighted by Gasteiger charge is -2.22. The first-order valence-electron chi connectivity index (χ1n) is 6.29. The molecule has 114 valence electrons. The Bertz CT molecular complexity index is 455. The first-order valence-corrected chi connectivity index (χ1v) is 7.46. The highest BCUT2D eigenvalue weighted by molar-refractivity contribution is 9.10. The van der Waals surface area contributed by atoms with Crippen LogP contribution < -0.4 is 5.73 Å². The summed E-state index contributed by atoms with van der Waals surface area (Å²) in [5, 5.41) is 0.554. The lowest BCUT2D eigenvalue weighted by atomic mass is 10.0. The number of nitrogens with zero attached hydrogens (tertiary/aromatic N) is 1. The monoisotopic (exact) mass is 382 g/mol. The van der Waals surface area contributed by atoms with E-state index in [0.717, 1.165) is 10.9 Å². The Kier molecular flexibility index (Phi) is 8.75. The summed E-state index contributed by atoms with van der Waals surface area (Å²) in [6.07, 6.45) is 0.790. The molecule has 20 heavy (non-hydrogen) atoms. The summed E-state index contributed by atoms with van der Waals surface area (Å²) in [7, 11) is 1.78. The van der Waals surface area contributed by atoms with Crippen molar-refractivity contribution in [1.29, 1.82) is 0 Å². The van der Waals surface area contributed by atoms with Crippen LogP contribution in [0.25, 0.3) is 0 Å². The molecule has 0 bridgehead atoms. The van der Waals surface area contributed by atoms with Crippen LogP contribution in [0.15, 0.2) is 22.7 Å². The third-order valence-corrected chi connectivity index (χ3v) is 4.09. The van der Waals surface area contributed by atoms with Crippen LogP contribution in [0.1, 0.15) is 30.6 Å². The Labute approximate surface area is 140 Å². The Morgan fingerprint density at radius 3 is 2.60 bits per heavy atom. The van der Waals surface area contributed by atoms with Crippen LogP contribution in [0.5, 0.6) is 0 Å². The Morgan fingerprint density at radius 2 is 2.05 bits per heavy atom. The molecule has 6 heteroatoms. The first kappa shape index (κ1) is 19.7. The van der Waals surface area contributed by atoms with Gasteiger partial charge in [0, 0.05) is 29.1 Å². The molecule has 0 saturated carbocycles. The van der Waals surface area contributed by atoms with E-state index in [-0.39, 0.29) is 24.4 Å². The van der Waals surface area contributed by atoms with Crippen LogP contribution in [-0.2, 0) is 0 Å². The fraction of sp³-hybridized carbons (Fsp3) is 0.500. The molecule has 0 aromatic heterocycles. The lowest BCUT2D eigenvalue weighted by Crippen LogP contribution is -2.34. The molecule has 0 aliphatic rings. The molecular weight excluding hydrogens is 363 g/mol. The lowest BCUT2D eigenvalue weighted by molar-refractivity contribution is 0.0788. The first-order chi connectivity index (χ1) is 8.82. The second kappa shape index (κ2) is 8.88. The smallest absolute Gasteiger partial charge is 0.254 e. The third kappa shape index (κ3) is 5.60. The highest BCUT2D eigenvalue weighted by atomic mass is 79.9. The molecule has 1 aromatic rings. The number of rotatable bonds is 5. The van der Waals surface area contributed by atoms with Crippen LogP contribution >= 0.6 is 39.9 Å². The average molecular weight is 384 g/mol. The van der Waals surface area contributed by atoms with Crippen molar-refractivity contribution in [3.05, 3.63) is 33.3 Å². The Hall–Kier alpha value is -0.290. The van der Waals surface area contributed by atoms with Gasteiger partial charge >= 0.3 is 0 Å². The zero-order valence-electron chi connectivity index (χ0n) is 11.9. The summed E-state index contributed by atoms with van der Waals surface area (Å²) >= 11 is 9.29. The molecule has 1 unspecified atom stereocenters. The predicted molar refractivity (Wildman–Crippen MR) is 90.8 cm³/mol. The zero-order valence-corrected chi connectivity index (χ0v) is 15.1. The zero-order chi connectivity index (χ0) is 14.6. The molecule has 0 aliphatic heterocycles. The van der Waals surface area contributed by atoms with Crippen molar-refractivity contribution < 1.29 is 4.79 Å². The van der Waals surface area contributed by atoms with Crippen molar-refractivity contribution in [1.82, 2.24) is 4.90 Å². The summed E-state index contributed by atoms with van der Waals surface area (Å²) < 4.78 is 0.752. The molecule has 0 radical (unpaired) electrons. The normalized spacial score (nSPS) is 11.9. The van der Waals surface area contributed by atoms with E-state index in [0.29, 0.717) is 23.0 Å². The van der Waals surface area contributed by atoms with E-state index in [1.807, 2.05) is 0 Å². The molecule has 0 fully saturated rings. The molecule has 2 N–H and O–H groups in total. The average Bonchev–Trinajstić information content (AvgIpc) is 2.37. The summed E-state index contributed by atoms with van der Waals surface area (Å²) in [5.41, 5.74) is 6.57. The van der Waals surface area contributed by atoms with Gasteiger partial charge in [0.1, 0.15) is 0 Å². The summed E-state index contributed by atoms with van der Waals surface area (Å²) in [6, 6.07) is 5.31. The van der Waals surface area contributed by atoms with E-state index < -0.39 is 0 Å². The Morgan fingerprint density at radius 1 is 1.45 bits per heavy atom. The van der Waals surface area contributed by atoms with Crippen LogP contribution in [0.3, 0.4) is 0 Å². The van der Waals surface area contributed by atoms with Gasteiger partial charge in [0.05, 0.1) is 5.56 Å². The number of nitrogens with two attached hydrogens (primary N) is 1. The SMILES string of the molecule is CC(C)C(N)CCN(C)C(=O)c1cc(Cl)ccc1Br.Cl. The maximum atomic E-state index is 12.3. The topological polar surface area (TPSA) is 46.3 Å². The molecule has 1 amide bonds. The number of carbonyl (C=O) groups excluding carboxylic acids is 1. The van der Waals surface area contributed by atoms with E-state index in [9.17, 15) is 4.79 Å². The summed E-state index contributed by atoms with van der Waals surface area (Å²) in [6.45, 7) is 4.80. The van der Waals surface area contributed by atoms with E-state index in [1.165, 1.54) is 0 Å². The van der Waals surface area contributed by atoms with Gasteiger partial charge in [-0.05, 0) is 46.5 Å². The van der Waals surface area contributed by atoms with Gasteiger partial charge in [0.25, 0.3) is 5.91 Å². The minimum Gasteiger partial charge on any atom is -0.342 e. The van der Waals surface area contributed by atoms with Crippen molar-refractivity contribution in [2.45, 2.75) is 26.3 Å². The van der Waals surface area contributed by atoms with Gasteiger partial charge in [-0.3, -0.25) is 4.79 Å². The number of hydrogen-bond acceptors (Lipinski definition) is 2. The van der Waals surface area contributed by atoms with Gasteiger partial charge in [-0.1, -0.05) is 25.4 Å². The van der Waals surface area contributed by atoms with Crippen molar-refractivity contribution in [3.63, 3.8) is 0 Å². The number of carbonyl (C=O) groups is 1. The van der Waals surface area contributed by atoms with Gasteiger partial charge in [0.2, 0.25) is 0 Å². The van der Waals surface area contributed by atoms with Crippen molar-refractivity contribution in [3.8, 4) is 0 Å². The van der Waals surface area contributed by atoms with Gasteiger partial charge < -0.3 is 10.6 Å². The summed E-state index contributed by atoms with van der Waals surface area (Å²) in [5.74, 6) is 0.367. The number of benzene rings is 1. The molecule has 0 heterocycles. The second-order valence-electron chi connectivity index (χ2n) is 5.05. The highest BCUT2D eigenvalue weighted by Gasteiger charge is 2.17. The van der Waals surface area contributed by atoms with Crippen molar-refractivity contribution >= 4 is 45.8 Å².